The van der Waals surface area contributed by atoms with E-state index in [1.165, 1.54) is 11.7 Å². The quantitative estimate of drug-likeness (QED) is 0.535. The molecule has 0 amide bonds. The van der Waals surface area contributed by atoms with Crippen LogP contribution in [0, 0.1) is 0 Å². The minimum absolute atomic E-state index is 0.352. The van der Waals surface area contributed by atoms with E-state index in [9.17, 15) is 0 Å². The molecule has 3 aromatic carbocycles. The number of benzene rings is 3. The molecule has 0 radical (unpaired) electrons. The summed E-state index contributed by atoms with van der Waals surface area (Å²) in [6, 6.07) is 24.0. The van der Waals surface area contributed by atoms with Gasteiger partial charge in [-0.05, 0) is 30.5 Å². The molecule has 0 spiro atoms. The Morgan fingerprint density at radius 1 is 0.889 bits per heavy atom. The fourth-order valence-electron chi connectivity index (χ4n) is 3.15. The number of hydrogen-bond donors (Lipinski definition) is 1. The molecule has 5 nitrogen and oxygen atoms in total. The summed E-state index contributed by atoms with van der Waals surface area (Å²) in [5.41, 5.74) is 7.86. The molecule has 0 aliphatic carbocycles. The Hall–Kier alpha value is -3.60. The second kappa shape index (κ2) is 7.33. The van der Waals surface area contributed by atoms with Crippen LogP contribution in [0.25, 0.3) is 10.8 Å². The lowest BCUT2D eigenvalue weighted by atomic mass is 10.1. The van der Waals surface area contributed by atoms with Crippen LogP contribution in [0.3, 0.4) is 0 Å². The maximum absolute atomic E-state index is 6.40. The first-order chi connectivity index (χ1) is 13.3. The normalized spacial score (nSPS) is 10.7. The van der Waals surface area contributed by atoms with E-state index >= 15 is 0 Å². The van der Waals surface area contributed by atoms with Crippen molar-refractivity contribution in [3.05, 3.63) is 79.1 Å². The van der Waals surface area contributed by atoms with Crippen LogP contribution in [0.5, 0.6) is 11.6 Å². The summed E-state index contributed by atoms with van der Waals surface area (Å²) < 4.78 is 5.87. The molecule has 0 atom stereocenters. The monoisotopic (exact) mass is 356 g/mol. The molecule has 27 heavy (non-hydrogen) atoms. The van der Waals surface area contributed by atoms with Crippen LogP contribution in [0.1, 0.15) is 6.92 Å². The molecule has 0 bridgehead atoms. The first-order valence-electron chi connectivity index (χ1n) is 8.86. The highest BCUT2D eigenvalue weighted by molar-refractivity contribution is 5.96. The standard InChI is InChI=1S/C22H20N4O/c1-2-26(19-14-8-10-16-9-6-7-13-18(16)19)21-20(23)22(25-15-24-21)27-17-11-4-3-5-12-17/h3-15H,2,23H2,1H3. The zero-order chi connectivity index (χ0) is 18.6. The fraction of sp³-hybridized carbons (Fsp3) is 0.0909. The Morgan fingerprint density at radius 2 is 1.63 bits per heavy atom. The molecule has 1 heterocycles. The number of fused-ring (bicyclic) bond motifs is 1. The predicted octanol–water partition coefficient (Wildman–Crippen LogP) is 5.16. The Kier molecular flexibility index (Phi) is 4.58. The molecule has 0 aliphatic rings. The van der Waals surface area contributed by atoms with Crippen LogP contribution in [0.2, 0.25) is 0 Å². The summed E-state index contributed by atoms with van der Waals surface area (Å²) in [5.74, 6) is 1.67. The third kappa shape index (κ3) is 3.27. The van der Waals surface area contributed by atoms with E-state index in [4.69, 9.17) is 10.5 Å². The molecular weight excluding hydrogens is 336 g/mol. The third-order valence-electron chi connectivity index (χ3n) is 4.41. The Labute approximate surface area is 158 Å². The van der Waals surface area contributed by atoms with Gasteiger partial charge in [0.15, 0.2) is 5.82 Å². The number of nitrogens with two attached hydrogens (primary N) is 1. The number of aromatic nitrogens is 2. The second-order valence-electron chi connectivity index (χ2n) is 6.07. The molecule has 4 aromatic rings. The van der Waals surface area contributed by atoms with Gasteiger partial charge < -0.3 is 15.4 Å². The molecule has 0 saturated heterocycles. The molecule has 134 valence electrons. The third-order valence-corrected chi connectivity index (χ3v) is 4.41. The van der Waals surface area contributed by atoms with Crippen LogP contribution < -0.4 is 15.4 Å². The second-order valence-corrected chi connectivity index (χ2v) is 6.07. The smallest absolute Gasteiger partial charge is 0.248 e. The zero-order valence-electron chi connectivity index (χ0n) is 15.0. The number of hydrogen-bond acceptors (Lipinski definition) is 5. The van der Waals surface area contributed by atoms with E-state index in [0.717, 1.165) is 11.1 Å². The molecule has 0 saturated carbocycles. The maximum Gasteiger partial charge on any atom is 0.248 e. The molecule has 0 aliphatic heterocycles. The first-order valence-corrected chi connectivity index (χ1v) is 8.86. The summed E-state index contributed by atoms with van der Waals surface area (Å²) >= 11 is 0. The molecule has 1 aromatic heterocycles. The lowest BCUT2D eigenvalue weighted by Gasteiger charge is -2.25. The summed E-state index contributed by atoms with van der Waals surface area (Å²) in [4.78, 5) is 10.7. The van der Waals surface area contributed by atoms with E-state index in [1.807, 2.05) is 48.5 Å². The van der Waals surface area contributed by atoms with E-state index in [1.54, 1.807) is 0 Å². The van der Waals surface area contributed by atoms with Crippen molar-refractivity contribution in [1.29, 1.82) is 0 Å². The van der Waals surface area contributed by atoms with Gasteiger partial charge in [0.2, 0.25) is 5.88 Å². The number of ether oxygens (including phenoxy) is 1. The maximum atomic E-state index is 6.40. The van der Waals surface area contributed by atoms with E-state index in [-0.39, 0.29) is 0 Å². The number of rotatable bonds is 5. The van der Waals surface area contributed by atoms with Crippen molar-refractivity contribution < 1.29 is 4.74 Å². The molecule has 2 N–H and O–H groups in total. The SMILES string of the molecule is CCN(c1ncnc(Oc2ccccc2)c1N)c1cccc2ccccc12. The van der Waals surface area contributed by atoms with Gasteiger partial charge in [-0.2, -0.15) is 4.98 Å². The van der Waals surface area contributed by atoms with Gasteiger partial charge in [-0.25, -0.2) is 4.98 Å². The topological polar surface area (TPSA) is 64.3 Å². The number of nitrogens with zero attached hydrogens (tertiary/aromatic N) is 3. The lowest BCUT2D eigenvalue weighted by Crippen LogP contribution is -2.19. The zero-order valence-corrected chi connectivity index (χ0v) is 15.0. The largest absolute Gasteiger partial charge is 0.437 e. The number of nitrogen functional groups attached to an aromatic ring is 1. The van der Waals surface area contributed by atoms with Crippen molar-refractivity contribution in [3.8, 4) is 11.6 Å². The van der Waals surface area contributed by atoms with Crippen molar-refractivity contribution in [2.75, 3.05) is 17.2 Å². The number of anilines is 3. The fourth-order valence-corrected chi connectivity index (χ4v) is 3.15. The van der Waals surface area contributed by atoms with Crippen LogP contribution in [0.4, 0.5) is 17.2 Å². The van der Waals surface area contributed by atoms with Crippen LogP contribution in [-0.4, -0.2) is 16.5 Å². The first kappa shape index (κ1) is 16.8. The average molecular weight is 356 g/mol. The van der Waals surface area contributed by atoms with Gasteiger partial charge >= 0.3 is 0 Å². The minimum atomic E-state index is 0.352. The summed E-state index contributed by atoms with van der Waals surface area (Å²) in [7, 11) is 0. The molecule has 5 heteroatoms. The van der Waals surface area contributed by atoms with Gasteiger partial charge in [0, 0.05) is 11.9 Å². The van der Waals surface area contributed by atoms with Crippen molar-refractivity contribution in [2.24, 2.45) is 0 Å². The Balaban J connectivity index is 1.78. The van der Waals surface area contributed by atoms with Crippen molar-refractivity contribution in [2.45, 2.75) is 6.92 Å². The van der Waals surface area contributed by atoms with Crippen molar-refractivity contribution in [3.63, 3.8) is 0 Å². The van der Waals surface area contributed by atoms with Crippen LogP contribution in [-0.2, 0) is 0 Å². The molecular formula is C22H20N4O. The van der Waals surface area contributed by atoms with Gasteiger partial charge in [-0.15, -0.1) is 0 Å². The van der Waals surface area contributed by atoms with Gasteiger partial charge in [-0.3, -0.25) is 0 Å². The number of para-hydroxylation sites is 1. The summed E-state index contributed by atoms with van der Waals surface area (Å²) in [5, 5.41) is 2.31. The predicted molar refractivity (Wildman–Crippen MR) is 110 cm³/mol. The summed E-state index contributed by atoms with van der Waals surface area (Å²) in [6.07, 6.45) is 1.48. The molecule has 4 rings (SSSR count). The highest BCUT2D eigenvalue weighted by Crippen LogP contribution is 2.37. The van der Waals surface area contributed by atoms with Crippen molar-refractivity contribution in [1.82, 2.24) is 9.97 Å². The van der Waals surface area contributed by atoms with E-state index in [2.05, 4.69) is 46.1 Å². The Morgan fingerprint density at radius 3 is 2.44 bits per heavy atom. The highest BCUT2D eigenvalue weighted by Gasteiger charge is 2.18. The van der Waals surface area contributed by atoms with Crippen LogP contribution >= 0.6 is 0 Å². The van der Waals surface area contributed by atoms with Crippen LogP contribution in [0.15, 0.2) is 79.1 Å². The molecule has 0 fully saturated rings. The minimum Gasteiger partial charge on any atom is -0.437 e. The molecule has 0 unspecified atom stereocenters. The van der Waals surface area contributed by atoms with Crippen molar-refractivity contribution >= 4 is 28.0 Å². The lowest BCUT2D eigenvalue weighted by molar-refractivity contribution is 0.464. The Bertz CT molecular complexity index is 1060. The highest BCUT2D eigenvalue weighted by atomic mass is 16.5. The average Bonchev–Trinajstić information content (AvgIpc) is 2.72. The van der Waals surface area contributed by atoms with Gasteiger partial charge in [0.1, 0.15) is 17.8 Å². The summed E-state index contributed by atoms with van der Waals surface area (Å²) in [6.45, 7) is 2.78. The van der Waals surface area contributed by atoms with Gasteiger partial charge in [0.25, 0.3) is 0 Å². The van der Waals surface area contributed by atoms with Gasteiger partial charge in [-0.1, -0.05) is 54.6 Å². The van der Waals surface area contributed by atoms with E-state index in [0.29, 0.717) is 29.7 Å². The van der Waals surface area contributed by atoms with Gasteiger partial charge in [0.05, 0.1) is 5.69 Å². The van der Waals surface area contributed by atoms with E-state index < -0.39 is 0 Å².